The molecule has 0 fully saturated rings. The number of benzene rings is 3. The zero-order chi connectivity index (χ0) is 33.8. The fourth-order valence-electron chi connectivity index (χ4n) is 6.18. The number of rotatable bonds is 12. The molecule has 0 aliphatic carbocycles. The second kappa shape index (κ2) is 14.0. The largest absolute Gasteiger partial charge is 0.491 e. The molecule has 2 aromatic heterocycles. The molecule has 0 radical (unpaired) electrons. The van der Waals surface area contributed by atoms with Crippen LogP contribution in [0.15, 0.2) is 114 Å². The van der Waals surface area contributed by atoms with Gasteiger partial charge in [0.05, 0.1) is 37.6 Å². The summed E-state index contributed by atoms with van der Waals surface area (Å²) in [6.07, 6.45) is 7.82. The maximum absolute atomic E-state index is 14.1. The Kier molecular flexibility index (Phi) is 9.58. The Morgan fingerprint density at radius 3 is 2.60 bits per heavy atom. The Hall–Kier alpha value is -5.03. The van der Waals surface area contributed by atoms with E-state index >= 15 is 0 Å². The number of hydrogen-bond acceptors (Lipinski definition) is 7. The predicted molar refractivity (Wildman–Crippen MR) is 183 cm³/mol. The van der Waals surface area contributed by atoms with Gasteiger partial charge in [0.25, 0.3) is 11.5 Å². The van der Waals surface area contributed by atoms with Crippen LogP contribution in [0.5, 0.6) is 5.75 Å². The molecule has 11 heteroatoms. The van der Waals surface area contributed by atoms with E-state index in [9.17, 15) is 19.8 Å². The third kappa shape index (κ3) is 6.29. The molecule has 0 bridgehead atoms. The Balaban J connectivity index is 1.18. The van der Waals surface area contributed by atoms with Gasteiger partial charge in [0.2, 0.25) is 0 Å². The number of aliphatic hydroxyl groups excluding tert-OH is 1. The van der Waals surface area contributed by atoms with Gasteiger partial charge in [-0.15, -0.1) is 5.10 Å². The summed E-state index contributed by atoms with van der Waals surface area (Å²) < 4.78 is 8.40. The van der Waals surface area contributed by atoms with Crippen LogP contribution >= 0.6 is 11.6 Å². The Bertz CT molecular complexity index is 2010. The maximum atomic E-state index is 14.1. The standard InChI is InChI=1S/C37H36ClN5O5/c1-25(10-6-7-18-41-23-32(39-40-41)30(24-44)27-12-4-3-5-13-27)37(47)31-21-28(38)16-17-33(31)43(36(37)46)22-26-11-8-14-29(20-26)42-19-9-15-34(48-2)35(42)45/h3-6,8-17,19-21,23,25,30,44,47H,7,18,22,24H2,1-2H3/b10-6+/t25-,30?,37+/m1/s1. The normalized spacial score (nSPS) is 17.1. The first kappa shape index (κ1) is 32.9. The summed E-state index contributed by atoms with van der Waals surface area (Å²) in [4.78, 5) is 28.5. The lowest BCUT2D eigenvalue weighted by Gasteiger charge is -2.28. The molecule has 10 nitrogen and oxygen atoms in total. The van der Waals surface area contributed by atoms with E-state index in [0.29, 0.717) is 40.6 Å². The number of ether oxygens (including phenoxy) is 1. The number of aliphatic hydroxyl groups is 2. The van der Waals surface area contributed by atoms with Gasteiger partial charge in [0.1, 0.15) is 0 Å². The van der Waals surface area contributed by atoms with Gasteiger partial charge in [0.15, 0.2) is 11.4 Å². The molecule has 1 unspecified atom stereocenters. The summed E-state index contributed by atoms with van der Waals surface area (Å²) in [7, 11) is 1.45. The summed E-state index contributed by atoms with van der Waals surface area (Å²) in [5, 5.41) is 31.0. The summed E-state index contributed by atoms with van der Waals surface area (Å²) in [5.74, 6) is -1.09. The lowest BCUT2D eigenvalue weighted by molar-refractivity contribution is -0.139. The fraction of sp³-hybridized carbons (Fsp3) is 0.243. The number of anilines is 1. The molecule has 5 aromatic rings. The van der Waals surface area contributed by atoms with Crippen LogP contribution < -0.4 is 15.2 Å². The second-order valence-corrected chi connectivity index (χ2v) is 12.2. The van der Waals surface area contributed by atoms with Crippen molar-refractivity contribution in [3.8, 4) is 11.4 Å². The SMILES string of the molecule is COc1cccn(-c2cccc(CN3C(=O)[C@](O)([C@H](C)/C=C/CCn4cc(C(CO)c5ccccc5)nn4)c4cc(Cl)ccc43)c2)c1=O. The summed E-state index contributed by atoms with van der Waals surface area (Å²) in [5.41, 5.74) is 1.91. The average Bonchev–Trinajstić information content (AvgIpc) is 3.65. The van der Waals surface area contributed by atoms with Crippen molar-refractivity contribution in [3.63, 3.8) is 0 Å². The number of carbonyl (C=O) groups is 1. The first-order valence-electron chi connectivity index (χ1n) is 15.7. The third-order valence-corrected chi connectivity index (χ3v) is 9.03. The second-order valence-electron chi connectivity index (χ2n) is 11.8. The van der Waals surface area contributed by atoms with Gasteiger partial charge in [-0.2, -0.15) is 0 Å². The Labute approximate surface area is 283 Å². The zero-order valence-corrected chi connectivity index (χ0v) is 27.4. The van der Waals surface area contributed by atoms with Gasteiger partial charge in [-0.05, 0) is 60.0 Å². The number of hydrogen-bond donors (Lipinski definition) is 2. The monoisotopic (exact) mass is 665 g/mol. The number of carbonyl (C=O) groups excluding carboxylic acids is 1. The van der Waals surface area contributed by atoms with Crippen molar-refractivity contribution < 1.29 is 19.7 Å². The Morgan fingerprint density at radius 1 is 1.02 bits per heavy atom. The molecule has 0 saturated carbocycles. The highest BCUT2D eigenvalue weighted by molar-refractivity contribution is 6.31. The third-order valence-electron chi connectivity index (χ3n) is 8.80. The molecule has 1 amide bonds. The first-order valence-corrected chi connectivity index (χ1v) is 16.0. The molecule has 0 spiro atoms. The average molecular weight is 666 g/mol. The van der Waals surface area contributed by atoms with Crippen LogP contribution in [0.4, 0.5) is 5.69 Å². The van der Waals surface area contributed by atoms with E-state index in [1.54, 1.807) is 59.1 Å². The molecule has 0 saturated heterocycles. The van der Waals surface area contributed by atoms with Gasteiger partial charge in [-0.1, -0.05) is 78.4 Å². The molecule has 3 heterocycles. The topological polar surface area (TPSA) is 123 Å². The minimum Gasteiger partial charge on any atom is -0.491 e. The molecular formula is C37H36ClN5O5. The highest BCUT2D eigenvalue weighted by Crippen LogP contribution is 2.46. The van der Waals surface area contributed by atoms with E-state index in [1.165, 1.54) is 11.7 Å². The van der Waals surface area contributed by atoms with Gasteiger partial charge < -0.3 is 19.8 Å². The number of aryl methyl sites for hydroxylation is 1. The fourth-order valence-corrected chi connectivity index (χ4v) is 6.35. The molecule has 2 N–H and O–H groups in total. The lowest BCUT2D eigenvalue weighted by Crippen LogP contribution is -2.44. The van der Waals surface area contributed by atoms with E-state index in [4.69, 9.17) is 16.3 Å². The molecule has 3 atom stereocenters. The highest BCUT2D eigenvalue weighted by atomic mass is 35.5. The Morgan fingerprint density at radius 2 is 1.83 bits per heavy atom. The lowest BCUT2D eigenvalue weighted by atomic mass is 9.83. The summed E-state index contributed by atoms with van der Waals surface area (Å²) >= 11 is 6.37. The molecule has 246 valence electrons. The van der Waals surface area contributed by atoms with Crippen LogP contribution in [0.25, 0.3) is 5.69 Å². The van der Waals surface area contributed by atoms with Crippen molar-refractivity contribution in [2.24, 2.45) is 5.92 Å². The van der Waals surface area contributed by atoms with E-state index in [-0.39, 0.29) is 30.4 Å². The van der Waals surface area contributed by atoms with Crippen molar-refractivity contribution in [1.82, 2.24) is 19.6 Å². The molecule has 3 aromatic carbocycles. The van der Waals surface area contributed by atoms with E-state index < -0.39 is 17.4 Å². The number of pyridine rings is 1. The van der Waals surface area contributed by atoms with Crippen molar-refractivity contribution in [1.29, 1.82) is 0 Å². The van der Waals surface area contributed by atoms with Gasteiger partial charge >= 0.3 is 0 Å². The number of amides is 1. The van der Waals surface area contributed by atoms with Crippen molar-refractivity contribution in [3.05, 3.63) is 147 Å². The summed E-state index contributed by atoms with van der Waals surface area (Å²) in [6.45, 7) is 2.42. The van der Waals surface area contributed by atoms with Crippen molar-refractivity contribution in [2.45, 2.75) is 38.0 Å². The number of halogens is 1. The summed E-state index contributed by atoms with van der Waals surface area (Å²) in [6, 6.07) is 25.4. The van der Waals surface area contributed by atoms with Crippen LogP contribution in [0.3, 0.4) is 0 Å². The first-order chi connectivity index (χ1) is 23.2. The predicted octanol–water partition coefficient (Wildman–Crippen LogP) is 5.23. The van der Waals surface area contributed by atoms with E-state index in [0.717, 1.165) is 11.1 Å². The number of aromatic nitrogens is 4. The molecule has 6 rings (SSSR count). The maximum Gasteiger partial charge on any atom is 0.297 e. The van der Waals surface area contributed by atoms with Crippen LogP contribution in [0.1, 0.15) is 41.6 Å². The smallest absolute Gasteiger partial charge is 0.297 e. The molecule has 1 aliphatic heterocycles. The zero-order valence-electron chi connectivity index (χ0n) is 26.6. The van der Waals surface area contributed by atoms with Crippen LogP contribution in [-0.4, -0.2) is 49.4 Å². The number of fused-ring (bicyclic) bond motifs is 1. The highest BCUT2D eigenvalue weighted by Gasteiger charge is 2.52. The van der Waals surface area contributed by atoms with E-state index in [1.807, 2.05) is 66.9 Å². The molecule has 1 aliphatic rings. The van der Waals surface area contributed by atoms with E-state index in [2.05, 4.69) is 10.3 Å². The number of methoxy groups -OCH3 is 1. The van der Waals surface area contributed by atoms with Gasteiger partial charge in [-0.3, -0.25) is 18.8 Å². The van der Waals surface area contributed by atoms with Gasteiger partial charge in [0, 0.05) is 41.1 Å². The quantitative estimate of drug-likeness (QED) is 0.175. The van der Waals surface area contributed by atoms with Crippen LogP contribution in [-0.2, 0) is 23.5 Å². The van der Waals surface area contributed by atoms with Crippen molar-refractivity contribution >= 4 is 23.2 Å². The van der Waals surface area contributed by atoms with Crippen LogP contribution in [0, 0.1) is 5.92 Å². The molecular weight excluding hydrogens is 630 g/mol. The number of allylic oxidation sites excluding steroid dienone is 1. The van der Waals surface area contributed by atoms with Gasteiger partial charge in [-0.25, -0.2) is 0 Å². The molecule has 48 heavy (non-hydrogen) atoms. The minimum absolute atomic E-state index is 0.0804. The number of nitrogens with zero attached hydrogens (tertiary/aromatic N) is 5. The minimum atomic E-state index is -1.84. The van der Waals surface area contributed by atoms with Crippen LogP contribution in [0.2, 0.25) is 5.02 Å². The van der Waals surface area contributed by atoms with Crippen molar-refractivity contribution in [2.75, 3.05) is 18.6 Å².